The first kappa shape index (κ1) is 19.2. The summed E-state index contributed by atoms with van der Waals surface area (Å²) < 4.78 is 5.53. The second-order valence-corrected chi connectivity index (χ2v) is 9.05. The van der Waals surface area contributed by atoms with Gasteiger partial charge in [-0.3, -0.25) is 10.1 Å². The highest BCUT2D eigenvalue weighted by Gasteiger charge is 2.35. The van der Waals surface area contributed by atoms with Crippen LogP contribution in [-0.4, -0.2) is 63.1 Å². The number of methoxy groups -OCH3 is 1. The number of fused-ring (bicyclic) bond motifs is 1. The maximum absolute atomic E-state index is 5.53. The third kappa shape index (κ3) is 3.74. The highest BCUT2D eigenvalue weighted by Crippen LogP contribution is 2.42. The van der Waals surface area contributed by atoms with Gasteiger partial charge >= 0.3 is 0 Å². The van der Waals surface area contributed by atoms with Gasteiger partial charge in [-0.25, -0.2) is 9.97 Å². The van der Waals surface area contributed by atoms with Gasteiger partial charge in [-0.15, -0.1) is 0 Å². The van der Waals surface area contributed by atoms with Crippen LogP contribution in [0.1, 0.15) is 60.4 Å². The molecule has 2 aliphatic rings. The molecule has 3 heterocycles. The number of nitrogens with zero attached hydrogens (tertiary/aromatic N) is 4. The molecule has 0 spiro atoms. The molecule has 1 atom stereocenters. The average molecular weight is 376 g/mol. The van der Waals surface area contributed by atoms with Crippen LogP contribution in [0.15, 0.2) is 11.1 Å². The van der Waals surface area contributed by atoms with E-state index in [1.54, 1.807) is 7.11 Å². The SMILES string of the molecule is BC(B)(B)C1N=Cc2c(Nc3cc(C)[nH]n3)nc([C@H]3CC[C@@H](OC)CC3)nc21. The smallest absolute Gasteiger partial charge is 0.153 e. The van der Waals surface area contributed by atoms with Gasteiger partial charge in [0.2, 0.25) is 0 Å². The Balaban J connectivity index is 1.71. The second-order valence-electron chi connectivity index (χ2n) is 9.05. The largest absolute Gasteiger partial charge is 0.381 e. The first-order valence-corrected chi connectivity index (χ1v) is 10.1. The van der Waals surface area contributed by atoms with Gasteiger partial charge in [0.05, 0.1) is 46.9 Å². The molecule has 4 rings (SSSR count). The van der Waals surface area contributed by atoms with Crippen molar-refractivity contribution < 1.29 is 4.74 Å². The van der Waals surface area contributed by atoms with Crippen molar-refractivity contribution in [3.63, 3.8) is 0 Å². The standard InChI is InChI=1S/C18H27B3N6O/c1-9-7-13(27-26-9)23-17-12-8-22-15(18(19,20)21)14(12)24-16(25-17)10-3-5-11(28-2)6-4-10/h7-8,10-11,15H,3-6,19-21H2,1-2H3,(H2,23,24,25,26,27)/t10-,11+,15?. The van der Waals surface area contributed by atoms with Crippen molar-refractivity contribution in [1.29, 1.82) is 0 Å². The van der Waals surface area contributed by atoms with Gasteiger partial charge in [-0.2, -0.15) is 5.10 Å². The normalized spacial score (nSPS) is 24.3. The summed E-state index contributed by atoms with van der Waals surface area (Å²) >= 11 is 0. The highest BCUT2D eigenvalue weighted by atomic mass is 16.5. The molecule has 7 nitrogen and oxygen atoms in total. The van der Waals surface area contributed by atoms with Crippen molar-refractivity contribution in [2.45, 2.75) is 55.8 Å². The number of aryl methyl sites for hydroxylation is 1. The summed E-state index contributed by atoms with van der Waals surface area (Å²) in [5.41, 5.74) is 3.02. The Bertz CT molecular complexity index is 886. The molecular formula is C18H27B3N6O. The third-order valence-corrected chi connectivity index (χ3v) is 5.75. The zero-order chi connectivity index (χ0) is 19.9. The summed E-state index contributed by atoms with van der Waals surface area (Å²) in [5.74, 6) is 2.85. The highest BCUT2D eigenvalue weighted by molar-refractivity contribution is 6.59. The molecule has 2 aromatic heterocycles. The molecule has 1 fully saturated rings. The number of H-pyrrole nitrogens is 1. The number of ether oxygens (including phenoxy) is 1. The van der Waals surface area contributed by atoms with Crippen molar-refractivity contribution >= 4 is 41.4 Å². The molecule has 2 aromatic rings. The Labute approximate surface area is 168 Å². The lowest BCUT2D eigenvalue weighted by atomic mass is 9.39. The Kier molecular flexibility index (Phi) is 5.08. The molecule has 1 aliphatic heterocycles. The van der Waals surface area contributed by atoms with E-state index < -0.39 is 0 Å². The van der Waals surface area contributed by atoms with Crippen molar-refractivity contribution in [3.8, 4) is 0 Å². The summed E-state index contributed by atoms with van der Waals surface area (Å²) in [4.78, 5) is 14.7. The van der Waals surface area contributed by atoms with Gasteiger partial charge in [0.25, 0.3) is 0 Å². The van der Waals surface area contributed by atoms with E-state index in [2.05, 4.69) is 39.1 Å². The zero-order valence-electron chi connectivity index (χ0n) is 17.4. The molecule has 0 amide bonds. The van der Waals surface area contributed by atoms with Crippen LogP contribution < -0.4 is 5.32 Å². The van der Waals surface area contributed by atoms with E-state index in [1.165, 1.54) is 0 Å². The van der Waals surface area contributed by atoms with Gasteiger partial charge in [0.1, 0.15) is 11.6 Å². The van der Waals surface area contributed by atoms with Gasteiger partial charge < -0.3 is 10.1 Å². The van der Waals surface area contributed by atoms with E-state index in [9.17, 15) is 0 Å². The molecule has 1 unspecified atom stereocenters. The lowest BCUT2D eigenvalue weighted by Gasteiger charge is -2.29. The summed E-state index contributed by atoms with van der Waals surface area (Å²) in [6, 6.07) is 2.02. The quantitative estimate of drug-likeness (QED) is 0.737. The fourth-order valence-electron chi connectivity index (χ4n) is 4.13. The van der Waals surface area contributed by atoms with Gasteiger partial charge in [0, 0.05) is 31.0 Å². The van der Waals surface area contributed by atoms with Crippen molar-refractivity contribution in [2.24, 2.45) is 4.99 Å². The van der Waals surface area contributed by atoms with E-state index >= 15 is 0 Å². The summed E-state index contributed by atoms with van der Waals surface area (Å²) in [6.45, 7) is 1.99. The number of aliphatic imine (C=N–C) groups is 1. The molecule has 2 N–H and O–H groups in total. The number of aromatic nitrogens is 4. The minimum atomic E-state index is 0.00127. The molecule has 28 heavy (non-hydrogen) atoms. The van der Waals surface area contributed by atoms with Crippen LogP contribution in [0.3, 0.4) is 0 Å². The molecule has 0 bridgehead atoms. The number of hydrogen-bond acceptors (Lipinski definition) is 6. The van der Waals surface area contributed by atoms with E-state index in [4.69, 9.17) is 19.7 Å². The van der Waals surface area contributed by atoms with Crippen LogP contribution in [0, 0.1) is 6.92 Å². The predicted molar refractivity (Wildman–Crippen MR) is 119 cm³/mol. The lowest BCUT2D eigenvalue weighted by Crippen LogP contribution is -2.24. The Hall–Kier alpha value is -2.09. The Morgan fingerprint density at radius 1 is 1.18 bits per heavy atom. The molecule has 0 radical (unpaired) electrons. The van der Waals surface area contributed by atoms with E-state index in [1.807, 2.05) is 19.2 Å². The molecule has 1 aliphatic carbocycles. The molecule has 0 saturated heterocycles. The Morgan fingerprint density at radius 3 is 2.54 bits per heavy atom. The monoisotopic (exact) mass is 376 g/mol. The van der Waals surface area contributed by atoms with Gasteiger partial charge in [0.15, 0.2) is 5.82 Å². The summed E-state index contributed by atoms with van der Waals surface area (Å²) in [7, 11) is 8.43. The predicted octanol–water partition coefficient (Wildman–Crippen LogP) is 0.371. The number of nitrogens with one attached hydrogen (secondary N) is 2. The minimum Gasteiger partial charge on any atom is -0.381 e. The molecule has 1 saturated carbocycles. The average Bonchev–Trinajstić information content (AvgIpc) is 3.27. The first-order chi connectivity index (χ1) is 13.3. The van der Waals surface area contributed by atoms with Gasteiger partial charge in [-0.1, -0.05) is 5.11 Å². The van der Waals surface area contributed by atoms with Crippen LogP contribution in [0.2, 0.25) is 5.11 Å². The third-order valence-electron chi connectivity index (χ3n) is 5.75. The maximum atomic E-state index is 5.53. The maximum Gasteiger partial charge on any atom is 0.153 e. The first-order valence-electron chi connectivity index (χ1n) is 10.1. The van der Waals surface area contributed by atoms with E-state index in [0.29, 0.717) is 12.0 Å². The topological polar surface area (TPSA) is 88.1 Å². The van der Waals surface area contributed by atoms with Crippen LogP contribution >= 0.6 is 0 Å². The molecule has 0 aromatic carbocycles. The summed E-state index contributed by atoms with van der Waals surface area (Å²) in [5, 5.41) is 10.7. The van der Waals surface area contributed by atoms with Crippen LogP contribution in [0.5, 0.6) is 0 Å². The number of rotatable bonds is 5. The fourth-order valence-corrected chi connectivity index (χ4v) is 4.13. The lowest BCUT2D eigenvalue weighted by molar-refractivity contribution is 0.0651. The van der Waals surface area contributed by atoms with Crippen molar-refractivity contribution in [1.82, 2.24) is 20.2 Å². The Morgan fingerprint density at radius 2 is 1.93 bits per heavy atom. The van der Waals surface area contributed by atoms with E-state index in [0.717, 1.165) is 60.1 Å². The van der Waals surface area contributed by atoms with Crippen molar-refractivity contribution in [2.75, 3.05) is 12.4 Å². The van der Waals surface area contributed by atoms with Gasteiger partial charge in [-0.05, 0) is 32.6 Å². The van der Waals surface area contributed by atoms with Crippen LogP contribution in [0.4, 0.5) is 11.6 Å². The molecule has 10 heteroatoms. The molecule has 144 valence electrons. The van der Waals surface area contributed by atoms with Crippen molar-refractivity contribution in [3.05, 3.63) is 28.8 Å². The second kappa shape index (κ2) is 7.39. The number of hydrogen-bond donors (Lipinski definition) is 2. The number of anilines is 2. The fraction of sp³-hybridized carbons (Fsp3) is 0.556. The number of aromatic amines is 1. The van der Waals surface area contributed by atoms with E-state index in [-0.39, 0.29) is 11.2 Å². The summed E-state index contributed by atoms with van der Waals surface area (Å²) in [6.07, 6.45) is 6.50. The zero-order valence-corrected chi connectivity index (χ0v) is 17.4. The van der Waals surface area contributed by atoms with Crippen LogP contribution in [-0.2, 0) is 4.74 Å². The molecular weight excluding hydrogens is 349 g/mol. The van der Waals surface area contributed by atoms with Crippen LogP contribution in [0.25, 0.3) is 0 Å². The minimum absolute atomic E-state index is 0.00127.